The lowest BCUT2D eigenvalue weighted by molar-refractivity contribution is 0.171. The fraction of sp³-hybridized carbons (Fsp3) is 0.296. The molecule has 1 saturated heterocycles. The van der Waals surface area contributed by atoms with Gasteiger partial charge in [-0.25, -0.2) is 4.68 Å². The summed E-state index contributed by atoms with van der Waals surface area (Å²) in [4.78, 5) is 2.45. The van der Waals surface area contributed by atoms with Crippen molar-refractivity contribution in [1.82, 2.24) is 14.7 Å². The van der Waals surface area contributed by atoms with Crippen molar-refractivity contribution in [3.63, 3.8) is 0 Å². The average Bonchev–Trinajstić information content (AvgIpc) is 3.55. The second-order valence-corrected chi connectivity index (χ2v) is 8.93. The molecule has 2 N–H and O–H groups in total. The van der Waals surface area contributed by atoms with Crippen LogP contribution in [-0.2, 0) is 6.54 Å². The first kappa shape index (κ1) is 21.0. The van der Waals surface area contributed by atoms with Gasteiger partial charge in [-0.1, -0.05) is 18.2 Å². The third-order valence-electron chi connectivity index (χ3n) is 6.61. The first-order chi connectivity index (χ1) is 16.7. The molecule has 2 aliphatic heterocycles. The number of piperidine rings is 1. The third-order valence-corrected chi connectivity index (χ3v) is 6.61. The third kappa shape index (κ3) is 4.08. The topological polar surface area (TPSA) is 78.7 Å². The monoisotopic (exact) mass is 456 g/mol. The molecule has 34 heavy (non-hydrogen) atoms. The Bertz CT molecular complexity index is 1260. The number of rotatable bonds is 5. The van der Waals surface area contributed by atoms with E-state index in [1.54, 1.807) is 6.26 Å². The summed E-state index contributed by atoms with van der Waals surface area (Å²) >= 11 is 0. The fourth-order valence-electron chi connectivity index (χ4n) is 4.74. The minimum atomic E-state index is 0.316. The minimum absolute atomic E-state index is 0.316. The molecule has 0 radical (unpaired) electrons. The normalized spacial score (nSPS) is 16.6. The van der Waals surface area contributed by atoms with Crippen LogP contribution in [0.4, 0.5) is 0 Å². The number of ether oxygens (including phenoxy) is 2. The number of nitrogens with two attached hydrogens (primary N) is 1. The van der Waals surface area contributed by atoms with Gasteiger partial charge in [-0.05, 0) is 73.5 Å². The van der Waals surface area contributed by atoms with Gasteiger partial charge in [0.2, 0.25) is 0 Å². The van der Waals surface area contributed by atoms with Gasteiger partial charge in [-0.2, -0.15) is 5.10 Å². The van der Waals surface area contributed by atoms with Crippen molar-refractivity contribution in [2.24, 2.45) is 5.73 Å². The van der Waals surface area contributed by atoms with E-state index in [0.29, 0.717) is 19.3 Å². The SMILES string of the molecule is NC1CCN(Cc2cnn(-c3ccc(-c4ccc5c(c4)OCCO5)cc3)c2-c2ccco2)CC1. The zero-order valence-electron chi connectivity index (χ0n) is 19.0. The van der Waals surface area contributed by atoms with Gasteiger partial charge in [0.05, 0.1) is 18.1 Å². The van der Waals surface area contributed by atoms with Crippen LogP contribution < -0.4 is 15.2 Å². The maximum absolute atomic E-state index is 6.09. The molecule has 4 aromatic rings. The summed E-state index contributed by atoms with van der Waals surface area (Å²) in [5.74, 6) is 2.41. The molecule has 0 spiro atoms. The van der Waals surface area contributed by atoms with Crippen molar-refractivity contribution < 1.29 is 13.9 Å². The quantitative estimate of drug-likeness (QED) is 0.477. The summed E-state index contributed by atoms with van der Waals surface area (Å²) < 4.78 is 19.2. The van der Waals surface area contributed by atoms with E-state index in [-0.39, 0.29) is 0 Å². The lowest BCUT2D eigenvalue weighted by Crippen LogP contribution is -2.39. The number of nitrogens with zero attached hydrogens (tertiary/aromatic N) is 3. The molecule has 2 aromatic heterocycles. The summed E-state index contributed by atoms with van der Waals surface area (Å²) in [5.41, 5.74) is 11.4. The number of hydrogen-bond acceptors (Lipinski definition) is 6. The first-order valence-corrected chi connectivity index (χ1v) is 11.8. The smallest absolute Gasteiger partial charge is 0.161 e. The van der Waals surface area contributed by atoms with E-state index in [0.717, 1.165) is 77.8 Å². The maximum Gasteiger partial charge on any atom is 0.161 e. The molecule has 6 rings (SSSR count). The number of benzene rings is 2. The van der Waals surface area contributed by atoms with E-state index in [2.05, 4.69) is 35.2 Å². The minimum Gasteiger partial charge on any atom is -0.486 e. The van der Waals surface area contributed by atoms with Crippen molar-refractivity contribution in [3.05, 3.63) is 72.6 Å². The molecule has 0 saturated carbocycles. The van der Waals surface area contributed by atoms with E-state index in [1.807, 2.05) is 35.1 Å². The molecule has 7 nitrogen and oxygen atoms in total. The van der Waals surface area contributed by atoms with Gasteiger partial charge in [-0.15, -0.1) is 0 Å². The molecule has 4 heterocycles. The van der Waals surface area contributed by atoms with Crippen molar-refractivity contribution in [1.29, 1.82) is 0 Å². The molecular weight excluding hydrogens is 428 g/mol. The van der Waals surface area contributed by atoms with Gasteiger partial charge < -0.3 is 19.6 Å². The van der Waals surface area contributed by atoms with Crippen molar-refractivity contribution >= 4 is 0 Å². The molecule has 0 aliphatic carbocycles. The number of likely N-dealkylation sites (tertiary alicyclic amines) is 1. The van der Waals surface area contributed by atoms with Crippen molar-refractivity contribution in [3.8, 4) is 39.8 Å². The predicted molar refractivity (Wildman–Crippen MR) is 130 cm³/mol. The van der Waals surface area contributed by atoms with E-state index in [4.69, 9.17) is 24.7 Å². The summed E-state index contributed by atoms with van der Waals surface area (Å²) in [7, 11) is 0. The van der Waals surface area contributed by atoms with E-state index >= 15 is 0 Å². The van der Waals surface area contributed by atoms with Crippen LogP contribution in [-0.4, -0.2) is 47.0 Å². The van der Waals surface area contributed by atoms with Gasteiger partial charge >= 0.3 is 0 Å². The first-order valence-electron chi connectivity index (χ1n) is 11.8. The Morgan fingerprint density at radius 3 is 2.44 bits per heavy atom. The second kappa shape index (κ2) is 9.00. The largest absolute Gasteiger partial charge is 0.486 e. The highest BCUT2D eigenvalue weighted by Crippen LogP contribution is 2.35. The van der Waals surface area contributed by atoms with Gasteiger partial charge in [0.15, 0.2) is 17.3 Å². The second-order valence-electron chi connectivity index (χ2n) is 8.93. The zero-order chi connectivity index (χ0) is 22.9. The Kier molecular flexibility index (Phi) is 5.57. The molecule has 0 bridgehead atoms. The molecule has 0 unspecified atom stereocenters. The van der Waals surface area contributed by atoms with Crippen LogP contribution >= 0.6 is 0 Å². The van der Waals surface area contributed by atoms with Gasteiger partial charge in [0.1, 0.15) is 18.9 Å². The number of fused-ring (bicyclic) bond motifs is 1. The standard InChI is InChI=1S/C27H28N4O3/c28-22-9-11-30(12-10-22)18-21-17-29-31(27(21)25-2-1-13-32-25)23-6-3-19(4-7-23)20-5-8-24-26(16-20)34-15-14-33-24/h1-8,13,16-17,22H,9-12,14-15,18,28H2. The fourth-order valence-corrected chi connectivity index (χ4v) is 4.74. The lowest BCUT2D eigenvalue weighted by atomic mass is 10.0. The molecule has 1 fully saturated rings. The molecule has 2 aromatic carbocycles. The summed E-state index contributed by atoms with van der Waals surface area (Å²) in [6, 6.07) is 18.7. The maximum atomic E-state index is 6.09. The Hall–Kier alpha value is -3.55. The Morgan fingerprint density at radius 1 is 0.912 bits per heavy atom. The highest BCUT2D eigenvalue weighted by Gasteiger charge is 2.22. The number of hydrogen-bond donors (Lipinski definition) is 1. The molecule has 174 valence electrons. The Balaban J connectivity index is 1.30. The van der Waals surface area contributed by atoms with E-state index in [1.165, 1.54) is 0 Å². The van der Waals surface area contributed by atoms with Crippen LogP contribution in [0.1, 0.15) is 18.4 Å². The highest BCUT2D eigenvalue weighted by atomic mass is 16.6. The molecule has 0 amide bonds. The van der Waals surface area contributed by atoms with Crippen LogP contribution in [0.3, 0.4) is 0 Å². The summed E-state index contributed by atoms with van der Waals surface area (Å²) in [5, 5.41) is 4.75. The lowest BCUT2D eigenvalue weighted by Gasteiger charge is -2.29. The van der Waals surface area contributed by atoms with Gasteiger partial charge in [-0.3, -0.25) is 4.90 Å². The van der Waals surface area contributed by atoms with E-state index < -0.39 is 0 Å². The van der Waals surface area contributed by atoms with Crippen molar-refractivity contribution in [2.75, 3.05) is 26.3 Å². The van der Waals surface area contributed by atoms with Crippen LogP contribution in [0.15, 0.2) is 71.5 Å². The van der Waals surface area contributed by atoms with Gasteiger partial charge in [0, 0.05) is 18.2 Å². The molecular formula is C27H28N4O3. The van der Waals surface area contributed by atoms with Crippen LogP contribution in [0, 0.1) is 0 Å². The highest BCUT2D eigenvalue weighted by molar-refractivity contribution is 5.69. The molecule has 0 atom stereocenters. The Morgan fingerprint density at radius 2 is 1.68 bits per heavy atom. The zero-order valence-corrected chi connectivity index (χ0v) is 19.0. The van der Waals surface area contributed by atoms with Crippen LogP contribution in [0.5, 0.6) is 11.5 Å². The molecule has 2 aliphatic rings. The summed E-state index contributed by atoms with van der Waals surface area (Å²) in [6.07, 6.45) is 5.74. The average molecular weight is 457 g/mol. The Labute approximate surface area is 198 Å². The number of furan rings is 1. The van der Waals surface area contributed by atoms with Crippen LogP contribution in [0.25, 0.3) is 28.3 Å². The van der Waals surface area contributed by atoms with E-state index in [9.17, 15) is 0 Å². The van der Waals surface area contributed by atoms with Gasteiger partial charge in [0.25, 0.3) is 0 Å². The number of aromatic nitrogens is 2. The van der Waals surface area contributed by atoms with Crippen molar-refractivity contribution in [2.45, 2.75) is 25.4 Å². The predicted octanol–water partition coefficient (Wildman–Crippen LogP) is 4.49. The van der Waals surface area contributed by atoms with Crippen LogP contribution in [0.2, 0.25) is 0 Å². The summed E-state index contributed by atoms with van der Waals surface area (Å²) in [6.45, 7) is 4.02. The molecule has 7 heteroatoms.